The summed E-state index contributed by atoms with van der Waals surface area (Å²) < 4.78 is 37.0. The highest BCUT2D eigenvalue weighted by Crippen LogP contribution is 2.24. The largest absolute Gasteiger partial charge is 0.471 e. The Balaban J connectivity index is 1.72. The van der Waals surface area contributed by atoms with Gasteiger partial charge in [0.1, 0.15) is 0 Å². The molecule has 1 N–H and O–H groups in total. The highest BCUT2D eigenvalue weighted by molar-refractivity contribution is 5.87. The number of halogens is 3. The number of piperidine rings is 1. The van der Waals surface area contributed by atoms with Crippen molar-refractivity contribution in [1.82, 2.24) is 10.2 Å². The van der Waals surface area contributed by atoms with Gasteiger partial charge in [0.05, 0.1) is 0 Å². The summed E-state index contributed by atoms with van der Waals surface area (Å²) in [5, 5.41) is 2.81. The van der Waals surface area contributed by atoms with Crippen LogP contribution in [0.25, 0.3) is 0 Å². The average molecular weight is 332 g/mol. The van der Waals surface area contributed by atoms with Gasteiger partial charge in [-0.15, -0.1) is 0 Å². The summed E-state index contributed by atoms with van der Waals surface area (Å²) in [4.78, 5) is 23.8. The molecule has 0 radical (unpaired) electrons. The zero-order chi connectivity index (χ0) is 16.9. The smallest absolute Gasteiger partial charge is 0.350 e. The van der Waals surface area contributed by atoms with E-state index in [2.05, 4.69) is 5.32 Å². The molecule has 0 aromatic rings. The van der Waals surface area contributed by atoms with E-state index in [0.717, 1.165) is 17.7 Å². The second-order valence-corrected chi connectivity index (χ2v) is 6.33. The van der Waals surface area contributed by atoms with E-state index in [0.29, 0.717) is 18.8 Å². The highest BCUT2D eigenvalue weighted by Gasteiger charge is 2.43. The fraction of sp³-hybridized carbons (Fsp3) is 0.750. The van der Waals surface area contributed by atoms with E-state index in [-0.39, 0.29) is 25.0 Å². The monoisotopic (exact) mass is 332 g/mol. The minimum Gasteiger partial charge on any atom is -0.350 e. The van der Waals surface area contributed by atoms with Crippen LogP contribution in [-0.2, 0) is 9.59 Å². The van der Waals surface area contributed by atoms with Gasteiger partial charge in [-0.25, -0.2) is 0 Å². The van der Waals surface area contributed by atoms with Crippen LogP contribution in [0.2, 0.25) is 0 Å². The van der Waals surface area contributed by atoms with E-state index in [1.807, 2.05) is 6.08 Å². The molecule has 1 aliphatic carbocycles. The maximum Gasteiger partial charge on any atom is 0.471 e. The Bertz CT molecular complexity index is 449. The number of nitrogens with one attached hydrogen (secondary N) is 1. The molecule has 4 nitrogen and oxygen atoms in total. The molecule has 0 bridgehead atoms. The molecule has 0 unspecified atom stereocenters. The normalized spacial score (nSPS) is 21.6. The maximum atomic E-state index is 12.3. The van der Waals surface area contributed by atoms with Gasteiger partial charge in [0.25, 0.3) is 0 Å². The zero-order valence-corrected chi connectivity index (χ0v) is 13.1. The molecule has 1 aliphatic heterocycles. The lowest BCUT2D eigenvalue weighted by molar-refractivity contribution is -0.186. The van der Waals surface area contributed by atoms with Crippen molar-refractivity contribution in [3.63, 3.8) is 0 Å². The van der Waals surface area contributed by atoms with Crippen molar-refractivity contribution in [3.05, 3.63) is 12.2 Å². The van der Waals surface area contributed by atoms with Crippen LogP contribution in [-0.4, -0.2) is 42.0 Å². The topological polar surface area (TPSA) is 49.4 Å². The predicted molar refractivity (Wildman–Crippen MR) is 79.5 cm³/mol. The molecule has 2 fully saturated rings. The van der Waals surface area contributed by atoms with Crippen molar-refractivity contribution < 1.29 is 22.8 Å². The summed E-state index contributed by atoms with van der Waals surface area (Å²) in [5.74, 6) is -1.53. The molecule has 2 rings (SSSR count). The predicted octanol–water partition coefficient (Wildman–Crippen LogP) is 2.79. The Morgan fingerprint density at radius 2 is 1.61 bits per heavy atom. The van der Waals surface area contributed by atoms with Crippen molar-refractivity contribution in [2.45, 2.75) is 57.2 Å². The van der Waals surface area contributed by atoms with Gasteiger partial charge in [-0.3, -0.25) is 9.59 Å². The van der Waals surface area contributed by atoms with E-state index < -0.39 is 12.1 Å². The summed E-state index contributed by atoms with van der Waals surface area (Å²) in [7, 11) is 0. The fourth-order valence-electron chi connectivity index (χ4n) is 3.21. The molecule has 130 valence electrons. The van der Waals surface area contributed by atoms with Crippen LogP contribution < -0.4 is 5.32 Å². The molecule has 1 heterocycles. The number of likely N-dealkylation sites (tertiary alicyclic amines) is 1. The molecule has 0 aromatic carbocycles. The third-order valence-electron chi connectivity index (χ3n) is 4.54. The molecule has 0 aromatic heterocycles. The molecular formula is C16H23F3N2O2. The third kappa shape index (κ3) is 5.55. The van der Waals surface area contributed by atoms with Gasteiger partial charge in [0.15, 0.2) is 0 Å². The highest BCUT2D eigenvalue weighted by atomic mass is 19.4. The Morgan fingerprint density at radius 1 is 1.00 bits per heavy atom. The summed E-state index contributed by atoms with van der Waals surface area (Å²) in [6.07, 6.45) is 5.24. The molecule has 0 spiro atoms. The van der Waals surface area contributed by atoms with Gasteiger partial charge in [-0.1, -0.05) is 25.3 Å². The summed E-state index contributed by atoms with van der Waals surface area (Å²) in [6, 6.07) is -0.171. The van der Waals surface area contributed by atoms with Crippen LogP contribution in [0.3, 0.4) is 0 Å². The van der Waals surface area contributed by atoms with Gasteiger partial charge in [0, 0.05) is 19.1 Å². The Kier molecular flexibility index (Phi) is 6.07. The second-order valence-electron chi connectivity index (χ2n) is 6.33. The first-order valence-corrected chi connectivity index (χ1v) is 8.21. The van der Waals surface area contributed by atoms with Gasteiger partial charge in [0.2, 0.25) is 5.91 Å². The number of allylic oxidation sites excluding steroid dienone is 1. The number of hydrogen-bond donors (Lipinski definition) is 1. The van der Waals surface area contributed by atoms with E-state index in [1.54, 1.807) is 6.08 Å². The summed E-state index contributed by atoms with van der Waals surface area (Å²) in [5.41, 5.74) is 0. The lowest BCUT2D eigenvalue weighted by atomic mass is 9.89. The number of hydrogen-bond acceptors (Lipinski definition) is 2. The molecule has 23 heavy (non-hydrogen) atoms. The molecule has 2 amide bonds. The Morgan fingerprint density at radius 3 is 2.17 bits per heavy atom. The van der Waals surface area contributed by atoms with Crippen molar-refractivity contribution in [2.24, 2.45) is 5.92 Å². The van der Waals surface area contributed by atoms with Crippen LogP contribution in [0.5, 0.6) is 0 Å². The molecular weight excluding hydrogens is 309 g/mol. The van der Waals surface area contributed by atoms with E-state index in [9.17, 15) is 22.8 Å². The zero-order valence-electron chi connectivity index (χ0n) is 13.1. The number of carbonyl (C=O) groups excluding carboxylic acids is 2. The fourth-order valence-corrected chi connectivity index (χ4v) is 3.21. The number of alkyl halides is 3. The molecule has 0 atom stereocenters. The third-order valence-corrected chi connectivity index (χ3v) is 4.54. The number of rotatable bonds is 3. The standard InChI is InChI=1S/C16H23F3N2O2/c17-16(18,19)15(23)21-10-8-13(9-11-21)20-14(22)7-6-12-4-2-1-3-5-12/h6-7,12-13H,1-5,8-11H2,(H,20,22)/b7-6+. The first kappa shape index (κ1) is 17.8. The molecule has 7 heteroatoms. The van der Waals surface area contributed by atoms with Crippen LogP contribution >= 0.6 is 0 Å². The molecule has 2 aliphatic rings. The van der Waals surface area contributed by atoms with Crippen LogP contribution in [0.4, 0.5) is 13.2 Å². The van der Waals surface area contributed by atoms with Crippen molar-refractivity contribution in [1.29, 1.82) is 0 Å². The van der Waals surface area contributed by atoms with Crippen LogP contribution in [0.15, 0.2) is 12.2 Å². The van der Waals surface area contributed by atoms with Crippen molar-refractivity contribution in [2.75, 3.05) is 13.1 Å². The lowest BCUT2D eigenvalue weighted by Gasteiger charge is -2.32. The summed E-state index contributed by atoms with van der Waals surface area (Å²) >= 11 is 0. The number of nitrogens with zero attached hydrogens (tertiary/aromatic N) is 1. The molecule has 1 saturated carbocycles. The van der Waals surface area contributed by atoms with Gasteiger partial charge < -0.3 is 10.2 Å². The van der Waals surface area contributed by atoms with Gasteiger partial charge >= 0.3 is 12.1 Å². The SMILES string of the molecule is O=C(/C=C/C1CCCCC1)NC1CCN(C(=O)C(F)(F)F)CC1. The van der Waals surface area contributed by atoms with Gasteiger partial charge in [-0.05, 0) is 37.7 Å². The van der Waals surface area contributed by atoms with Crippen molar-refractivity contribution in [3.8, 4) is 0 Å². The van der Waals surface area contributed by atoms with E-state index in [1.165, 1.54) is 19.3 Å². The minimum atomic E-state index is -4.82. The first-order chi connectivity index (χ1) is 10.9. The maximum absolute atomic E-state index is 12.3. The first-order valence-electron chi connectivity index (χ1n) is 8.21. The average Bonchev–Trinajstić information content (AvgIpc) is 2.53. The van der Waals surface area contributed by atoms with Crippen molar-refractivity contribution >= 4 is 11.8 Å². The minimum absolute atomic E-state index is 0.0234. The quantitative estimate of drug-likeness (QED) is 0.808. The van der Waals surface area contributed by atoms with E-state index in [4.69, 9.17) is 0 Å². The number of amides is 2. The van der Waals surface area contributed by atoms with E-state index >= 15 is 0 Å². The lowest BCUT2D eigenvalue weighted by Crippen LogP contribution is -2.49. The molecule has 1 saturated heterocycles. The number of carbonyl (C=O) groups is 2. The van der Waals surface area contributed by atoms with Gasteiger partial charge in [-0.2, -0.15) is 13.2 Å². The van der Waals surface area contributed by atoms with Crippen LogP contribution in [0, 0.1) is 5.92 Å². The van der Waals surface area contributed by atoms with Crippen LogP contribution in [0.1, 0.15) is 44.9 Å². The Hall–Kier alpha value is -1.53. The second kappa shape index (κ2) is 7.84. The Labute approximate surface area is 134 Å². The summed E-state index contributed by atoms with van der Waals surface area (Å²) in [6.45, 7) is 0.0469.